The van der Waals surface area contributed by atoms with Crippen molar-refractivity contribution in [1.82, 2.24) is 20.9 Å². The van der Waals surface area contributed by atoms with Crippen molar-refractivity contribution in [2.45, 2.75) is 44.1 Å². The number of likely N-dealkylation sites (N-methyl/N-ethyl adjacent to an activating group) is 1. The van der Waals surface area contributed by atoms with Crippen LogP contribution >= 0.6 is 12.4 Å². The molecule has 3 rings (SSSR count). The number of carbonyl (C=O) groups excluding carboxylic acids is 3. The molecule has 34 heavy (non-hydrogen) atoms. The Morgan fingerprint density at radius 2 is 1.91 bits per heavy atom. The summed E-state index contributed by atoms with van der Waals surface area (Å²) in [6.07, 6.45) is 1.43. The molecule has 0 bridgehead atoms. The largest absolute Gasteiger partial charge is 0.506 e. The maximum absolute atomic E-state index is 13.4. The number of likely N-dealkylation sites (tertiary alicyclic amines) is 1. The zero-order valence-electron chi connectivity index (χ0n) is 19.1. The number of nitrogens with one attached hydrogen (secondary N) is 3. The van der Waals surface area contributed by atoms with Gasteiger partial charge < -0.3 is 32.1 Å². The summed E-state index contributed by atoms with van der Waals surface area (Å²) in [7, 11) is 1.53. The normalized spacial score (nSPS) is 16.2. The van der Waals surface area contributed by atoms with Crippen LogP contribution in [0.4, 0.5) is 0 Å². The van der Waals surface area contributed by atoms with Crippen LogP contribution in [0.1, 0.15) is 36.0 Å². The monoisotopic (exact) mass is 492 g/mol. The van der Waals surface area contributed by atoms with E-state index in [1.807, 2.05) is 12.1 Å². The van der Waals surface area contributed by atoms with Gasteiger partial charge in [0.05, 0.1) is 5.56 Å². The predicted octanol–water partition coefficient (Wildman–Crippen LogP) is 0.373. The number of phenols is 1. The number of fused-ring (bicyclic) bond motifs is 1. The number of aromatic hydroxyl groups is 1. The Labute approximate surface area is 204 Å². The van der Waals surface area contributed by atoms with Crippen LogP contribution in [0.15, 0.2) is 36.4 Å². The van der Waals surface area contributed by atoms with E-state index in [4.69, 9.17) is 11.5 Å². The molecule has 2 atom stereocenters. The highest BCUT2D eigenvalue weighted by Gasteiger charge is 2.37. The summed E-state index contributed by atoms with van der Waals surface area (Å²) in [6, 6.07) is 9.03. The molecule has 1 aliphatic rings. The number of phenolic OH excluding ortho intramolecular Hbond substituents is 1. The van der Waals surface area contributed by atoms with Crippen molar-refractivity contribution >= 4 is 40.9 Å². The number of rotatable bonds is 9. The van der Waals surface area contributed by atoms with E-state index in [0.717, 1.165) is 5.39 Å². The van der Waals surface area contributed by atoms with Crippen LogP contribution in [0.5, 0.6) is 5.75 Å². The topological polar surface area (TPSA) is 163 Å². The SMILES string of the molecule is CNC(=O)C1CCCN1C(=O)C(CCCNC(N)N)NC(=O)c1ccc2ccccc2c1O.Cl. The summed E-state index contributed by atoms with van der Waals surface area (Å²) in [5, 5.41) is 20.2. The first-order chi connectivity index (χ1) is 15.8. The van der Waals surface area contributed by atoms with Crippen molar-refractivity contribution in [3.8, 4) is 5.75 Å². The molecule has 8 N–H and O–H groups in total. The molecular weight excluding hydrogens is 460 g/mol. The molecule has 1 aliphatic heterocycles. The lowest BCUT2D eigenvalue weighted by Crippen LogP contribution is -2.53. The van der Waals surface area contributed by atoms with Crippen LogP contribution < -0.4 is 27.4 Å². The Bertz CT molecular complexity index is 1020. The van der Waals surface area contributed by atoms with E-state index in [1.165, 1.54) is 18.0 Å². The van der Waals surface area contributed by atoms with Gasteiger partial charge in [0.25, 0.3) is 5.91 Å². The van der Waals surface area contributed by atoms with Crippen LogP contribution in [-0.2, 0) is 9.59 Å². The highest BCUT2D eigenvalue weighted by Crippen LogP contribution is 2.29. The summed E-state index contributed by atoms with van der Waals surface area (Å²) < 4.78 is 0. The van der Waals surface area contributed by atoms with Gasteiger partial charge in [-0.3, -0.25) is 19.7 Å². The Kier molecular flexibility index (Phi) is 10.1. The molecule has 1 heterocycles. The summed E-state index contributed by atoms with van der Waals surface area (Å²) in [5.41, 5.74) is 11.1. The van der Waals surface area contributed by atoms with Gasteiger partial charge in [0.15, 0.2) is 0 Å². The van der Waals surface area contributed by atoms with E-state index >= 15 is 0 Å². The number of nitrogens with two attached hydrogens (primary N) is 2. The fraction of sp³-hybridized carbons (Fsp3) is 0.435. The molecule has 1 fully saturated rings. The molecule has 0 spiro atoms. The molecule has 1 saturated heterocycles. The smallest absolute Gasteiger partial charge is 0.255 e. The van der Waals surface area contributed by atoms with Gasteiger partial charge >= 0.3 is 0 Å². The molecule has 0 radical (unpaired) electrons. The Morgan fingerprint density at radius 1 is 1.18 bits per heavy atom. The Morgan fingerprint density at radius 3 is 2.62 bits per heavy atom. The standard InChI is InChI=1S/C23H32N6O4.ClH/c1-26-21(32)18-9-5-13-29(18)22(33)17(8-4-12-27-23(24)25)28-20(31)16-11-10-14-6-2-3-7-15(14)19(16)30;/h2-3,6-7,10-11,17-18,23,27,30H,4-5,8-9,12-13,24-25H2,1H3,(H,26,32)(H,28,31);1H. The number of hydrogen-bond donors (Lipinski definition) is 6. The molecule has 2 aromatic carbocycles. The van der Waals surface area contributed by atoms with E-state index in [9.17, 15) is 19.5 Å². The fourth-order valence-corrected chi connectivity index (χ4v) is 4.18. The van der Waals surface area contributed by atoms with E-state index in [2.05, 4.69) is 16.0 Å². The summed E-state index contributed by atoms with van der Waals surface area (Å²) in [5.74, 6) is -1.26. The molecule has 186 valence electrons. The number of carbonyl (C=O) groups is 3. The molecule has 0 aliphatic carbocycles. The minimum Gasteiger partial charge on any atom is -0.506 e. The number of hydrogen-bond acceptors (Lipinski definition) is 7. The van der Waals surface area contributed by atoms with Crippen molar-refractivity contribution < 1.29 is 19.5 Å². The lowest BCUT2D eigenvalue weighted by Gasteiger charge is -2.28. The van der Waals surface area contributed by atoms with E-state index in [1.54, 1.807) is 18.2 Å². The molecule has 3 amide bonds. The zero-order chi connectivity index (χ0) is 24.0. The van der Waals surface area contributed by atoms with Crippen molar-refractivity contribution in [3.05, 3.63) is 42.0 Å². The van der Waals surface area contributed by atoms with Crippen molar-refractivity contribution in [1.29, 1.82) is 0 Å². The third-order valence-corrected chi connectivity index (χ3v) is 5.88. The van der Waals surface area contributed by atoms with E-state index in [0.29, 0.717) is 44.2 Å². The lowest BCUT2D eigenvalue weighted by atomic mass is 10.0. The van der Waals surface area contributed by atoms with Gasteiger partial charge in [-0.1, -0.05) is 30.3 Å². The minimum atomic E-state index is -0.871. The van der Waals surface area contributed by atoms with Crippen LogP contribution in [0.25, 0.3) is 10.8 Å². The maximum atomic E-state index is 13.4. The number of nitrogens with zero attached hydrogens (tertiary/aromatic N) is 1. The average Bonchev–Trinajstić information content (AvgIpc) is 3.30. The molecule has 10 nitrogen and oxygen atoms in total. The van der Waals surface area contributed by atoms with E-state index < -0.39 is 24.3 Å². The van der Waals surface area contributed by atoms with Crippen molar-refractivity contribution in [3.63, 3.8) is 0 Å². The fourth-order valence-electron chi connectivity index (χ4n) is 4.18. The van der Waals surface area contributed by atoms with Gasteiger partial charge in [-0.05, 0) is 43.7 Å². The summed E-state index contributed by atoms with van der Waals surface area (Å²) in [4.78, 5) is 40.2. The van der Waals surface area contributed by atoms with Crippen LogP contribution in [0.2, 0.25) is 0 Å². The lowest BCUT2D eigenvalue weighted by molar-refractivity contribution is -0.139. The second-order valence-electron chi connectivity index (χ2n) is 8.13. The third-order valence-electron chi connectivity index (χ3n) is 5.88. The molecular formula is C23H33ClN6O4. The highest BCUT2D eigenvalue weighted by atomic mass is 35.5. The van der Waals surface area contributed by atoms with Gasteiger partial charge in [0.2, 0.25) is 11.8 Å². The van der Waals surface area contributed by atoms with Gasteiger partial charge in [-0.15, -0.1) is 12.4 Å². The van der Waals surface area contributed by atoms with Crippen LogP contribution in [0, 0.1) is 0 Å². The highest BCUT2D eigenvalue weighted by molar-refractivity contribution is 6.05. The first-order valence-corrected chi connectivity index (χ1v) is 11.1. The average molecular weight is 493 g/mol. The second-order valence-corrected chi connectivity index (χ2v) is 8.13. The molecule has 0 saturated carbocycles. The Hall–Kier alpha value is -2.92. The minimum absolute atomic E-state index is 0. The van der Waals surface area contributed by atoms with Crippen LogP contribution in [-0.4, -0.2) is 66.2 Å². The van der Waals surface area contributed by atoms with Gasteiger partial charge in [0.1, 0.15) is 24.1 Å². The maximum Gasteiger partial charge on any atom is 0.255 e. The summed E-state index contributed by atoms with van der Waals surface area (Å²) >= 11 is 0. The van der Waals surface area contributed by atoms with Crippen LogP contribution in [0.3, 0.4) is 0 Å². The zero-order valence-corrected chi connectivity index (χ0v) is 19.9. The molecule has 2 aromatic rings. The van der Waals surface area contributed by atoms with Gasteiger partial charge in [-0.25, -0.2) is 0 Å². The second kappa shape index (κ2) is 12.5. The Balaban J connectivity index is 0.00000408. The summed E-state index contributed by atoms with van der Waals surface area (Å²) in [6.45, 7) is 0.897. The molecule has 11 heteroatoms. The number of benzene rings is 2. The third kappa shape index (κ3) is 6.35. The quantitative estimate of drug-likeness (QED) is 0.217. The van der Waals surface area contributed by atoms with E-state index in [-0.39, 0.29) is 35.5 Å². The molecule has 2 unspecified atom stereocenters. The first-order valence-electron chi connectivity index (χ1n) is 11.1. The number of amides is 3. The van der Waals surface area contributed by atoms with Crippen molar-refractivity contribution in [2.24, 2.45) is 11.5 Å². The van der Waals surface area contributed by atoms with Gasteiger partial charge in [0, 0.05) is 19.0 Å². The van der Waals surface area contributed by atoms with Gasteiger partial charge in [-0.2, -0.15) is 0 Å². The van der Waals surface area contributed by atoms with Crippen molar-refractivity contribution in [2.75, 3.05) is 20.1 Å². The predicted molar refractivity (Wildman–Crippen MR) is 132 cm³/mol. The first kappa shape index (κ1) is 27.3. The number of halogens is 1. The molecule has 0 aromatic heterocycles.